The number of nitrogens with zero attached hydrogens (tertiary/aromatic N) is 3. The van der Waals surface area contributed by atoms with Gasteiger partial charge < -0.3 is 9.47 Å². The molecule has 0 N–H and O–H groups in total. The van der Waals surface area contributed by atoms with Gasteiger partial charge in [0.25, 0.3) is 0 Å². The monoisotopic (exact) mass is 657 g/mol. The first-order valence-electron chi connectivity index (χ1n) is 17.2. The highest BCUT2D eigenvalue weighted by Crippen LogP contribution is 2.58. The molecule has 7 aromatic carbocycles. The van der Waals surface area contributed by atoms with E-state index in [0.29, 0.717) is 29.0 Å². The van der Waals surface area contributed by atoms with Crippen LogP contribution in [-0.4, -0.2) is 15.0 Å². The molecule has 51 heavy (non-hydrogen) atoms. The summed E-state index contributed by atoms with van der Waals surface area (Å²) in [6.07, 6.45) is 0. The van der Waals surface area contributed by atoms with E-state index in [1.165, 1.54) is 22.1 Å². The molecule has 5 heteroatoms. The molecule has 0 spiro atoms. The van der Waals surface area contributed by atoms with Gasteiger partial charge in [0, 0.05) is 27.7 Å². The predicted molar refractivity (Wildman–Crippen MR) is 203 cm³/mol. The average molecular weight is 658 g/mol. The van der Waals surface area contributed by atoms with Crippen LogP contribution in [0.3, 0.4) is 0 Å². The molecule has 242 valence electrons. The van der Waals surface area contributed by atoms with E-state index >= 15 is 0 Å². The van der Waals surface area contributed by atoms with Crippen LogP contribution in [0.2, 0.25) is 0 Å². The van der Waals surface area contributed by atoms with Crippen molar-refractivity contribution in [2.45, 2.75) is 19.3 Å². The Morgan fingerprint density at radius 1 is 0.412 bits per heavy atom. The third-order valence-electron chi connectivity index (χ3n) is 10.2. The second-order valence-corrected chi connectivity index (χ2v) is 13.7. The molecular weight excluding hydrogens is 627 g/mol. The van der Waals surface area contributed by atoms with E-state index in [2.05, 4.69) is 111 Å². The second-order valence-electron chi connectivity index (χ2n) is 13.7. The van der Waals surface area contributed by atoms with Gasteiger partial charge in [-0.3, -0.25) is 0 Å². The van der Waals surface area contributed by atoms with Gasteiger partial charge in [0.15, 0.2) is 40.5 Å². The lowest BCUT2D eigenvalue weighted by molar-refractivity contribution is 0.360. The molecule has 5 nitrogen and oxygen atoms in total. The minimum atomic E-state index is -0.108. The van der Waals surface area contributed by atoms with Crippen LogP contribution in [0.4, 0.5) is 0 Å². The lowest BCUT2D eigenvalue weighted by atomic mass is 9.82. The number of ether oxygens (including phenoxy) is 2. The number of benzene rings is 7. The Morgan fingerprint density at radius 3 is 1.82 bits per heavy atom. The molecule has 0 unspecified atom stereocenters. The standard InChI is InChI=1S/C46H31N3O2/c1-46(2)36-15-9-8-14-35(36)41-37(46)23-25-39-42(41)51-38-24-22-33(27-40(38)50-39)29-16-19-31(20-17-29)44-47-43(30-11-4-3-5-12-30)48-45(49-44)34-21-18-28-10-6-7-13-32(28)26-34/h3-27H,1-2H3. The maximum atomic E-state index is 6.61. The fourth-order valence-electron chi connectivity index (χ4n) is 7.50. The van der Waals surface area contributed by atoms with Crippen molar-refractivity contribution in [3.8, 4) is 79.4 Å². The largest absolute Gasteiger partial charge is 0.449 e. The summed E-state index contributed by atoms with van der Waals surface area (Å²) in [5.74, 6) is 4.81. The lowest BCUT2D eigenvalue weighted by Gasteiger charge is -2.25. The van der Waals surface area contributed by atoms with Crippen molar-refractivity contribution in [1.82, 2.24) is 15.0 Å². The van der Waals surface area contributed by atoms with Crippen LogP contribution in [0.25, 0.3) is 67.2 Å². The predicted octanol–water partition coefficient (Wildman–Crippen LogP) is 11.9. The smallest absolute Gasteiger partial charge is 0.178 e. The Morgan fingerprint density at radius 2 is 1.02 bits per heavy atom. The third-order valence-corrected chi connectivity index (χ3v) is 10.2. The molecule has 2 aliphatic rings. The van der Waals surface area contributed by atoms with Crippen LogP contribution in [-0.2, 0) is 5.41 Å². The van der Waals surface area contributed by atoms with Gasteiger partial charge in [0.1, 0.15) is 0 Å². The van der Waals surface area contributed by atoms with Gasteiger partial charge in [-0.2, -0.15) is 0 Å². The van der Waals surface area contributed by atoms with Crippen LogP contribution < -0.4 is 9.47 Å². The van der Waals surface area contributed by atoms with Crippen molar-refractivity contribution in [3.63, 3.8) is 0 Å². The minimum absolute atomic E-state index is 0.108. The van der Waals surface area contributed by atoms with Crippen LogP contribution >= 0.6 is 0 Å². The molecule has 0 amide bonds. The Bertz CT molecular complexity index is 2670. The maximum absolute atomic E-state index is 6.61. The highest BCUT2D eigenvalue weighted by Gasteiger charge is 2.39. The highest BCUT2D eigenvalue weighted by molar-refractivity contribution is 5.89. The fourth-order valence-corrected chi connectivity index (χ4v) is 7.50. The zero-order valence-electron chi connectivity index (χ0n) is 28.1. The van der Waals surface area contributed by atoms with Crippen molar-refractivity contribution in [2.75, 3.05) is 0 Å². The molecule has 2 heterocycles. The summed E-state index contributed by atoms with van der Waals surface area (Å²) in [5, 5.41) is 2.32. The second kappa shape index (κ2) is 11.2. The Labute approximate surface area is 295 Å². The molecule has 1 aliphatic carbocycles. The van der Waals surface area contributed by atoms with E-state index in [0.717, 1.165) is 50.3 Å². The number of aromatic nitrogens is 3. The zero-order chi connectivity index (χ0) is 34.1. The first-order valence-corrected chi connectivity index (χ1v) is 17.2. The topological polar surface area (TPSA) is 57.1 Å². The van der Waals surface area contributed by atoms with E-state index in [1.807, 2.05) is 54.6 Å². The molecule has 0 bridgehead atoms. The lowest BCUT2D eigenvalue weighted by Crippen LogP contribution is -2.15. The van der Waals surface area contributed by atoms with E-state index in [-0.39, 0.29) is 5.41 Å². The van der Waals surface area contributed by atoms with Gasteiger partial charge in [0.2, 0.25) is 0 Å². The minimum Gasteiger partial charge on any atom is -0.449 e. The summed E-state index contributed by atoms with van der Waals surface area (Å²) in [4.78, 5) is 14.8. The van der Waals surface area contributed by atoms with E-state index in [1.54, 1.807) is 0 Å². The average Bonchev–Trinajstić information content (AvgIpc) is 3.43. The first-order chi connectivity index (χ1) is 25.0. The summed E-state index contributed by atoms with van der Waals surface area (Å²) < 4.78 is 13.1. The van der Waals surface area contributed by atoms with Gasteiger partial charge in [0.05, 0.1) is 0 Å². The van der Waals surface area contributed by atoms with Gasteiger partial charge in [-0.05, 0) is 62.9 Å². The van der Waals surface area contributed by atoms with Crippen LogP contribution in [0, 0.1) is 0 Å². The summed E-state index contributed by atoms with van der Waals surface area (Å²) in [6.45, 7) is 4.54. The molecular formula is C46H31N3O2. The van der Waals surface area contributed by atoms with Gasteiger partial charge in [-0.15, -0.1) is 0 Å². The number of hydrogen-bond donors (Lipinski definition) is 0. The van der Waals surface area contributed by atoms with Crippen molar-refractivity contribution >= 4 is 10.8 Å². The first kappa shape index (κ1) is 29.3. The van der Waals surface area contributed by atoms with Crippen molar-refractivity contribution in [1.29, 1.82) is 0 Å². The third kappa shape index (κ3) is 4.81. The van der Waals surface area contributed by atoms with Crippen LogP contribution in [0.5, 0.6) is 23.0 Å². The zero-order valence-corrected chi connectivity index (χ0v) is 28.1. The summed E-state index contributed by atoms with van der Waals surface area (Å²) in [7, 11) is 0. The fraction of sp³-hybridized carbons (Fsp3) is 0.0652. The normalized spacial score (nSPS) is 13.4. The van der Waals surface area contributed by atoms with Crippen molar-refractivity contribution < 1.29 is 9.47 Å². The van der Waals surface area contributed by atoms with E-state index < -0.39 is 0 Å². The Kier molecular flexibility index (Phi) is 6.46. The van der Waals surface area contributed by atoms with Gasteiger partial charge in [-0.1, -0.05) is 141 Å². The Hall–Kier alpha value is -6.59. The summed E-state index contributed by atoms with van der Waals surface area (Å²) in [6, 6.07) is 52.0. The van der Waals surface area contributed by atoms with E-state index in [9.17, 15) is 0 Å². The molecule has 0 atom stereocenters. The number of rotatable bonds is 4. The van der Waals surface area contributed by atoms with Crippen LogP contribution in [0.1, 0.15) is 25.0 Å². The number of hydrogen-bond acceptors (Lipinski definition) is 5. The molecule has 1 aliphatic heterocycles. The highest BCUT2D eigenvalue weighted by atomic mass is 16.6. The molecule has 0 saturated carbocycles. The van der Waals surface area contributed by atoms with Gasteiger partial charge in [-0.25, -0.2) is 15.0 Å². The van der Waals surface area contributed by atoms with Crippen molar-refractivity contribution in [2.24, 2.45) is 0 Å². The quantitative estimate of drug-likeness (QED) is 0.188. The SMILES string of the molecule is CC1(C)c2ccccc2-c2c1ccc1c2Oc2ccc(-c3ccc(-c4nc(-c5ccccc5)nc(-c5ccc6ccccc6c5)n4)cc3)cc2O1. The van der Waals surface area contributed by atoms with Gasteiger partial charge >= 0.3 is 0 Å². The maximum Gasteiger partial charge on any atom is 0.178 e. The number of fused-ring (bicyclic) bond motifs is 7. The summed E-state index contributed by atoms with van der Waals surface area (Å²) >= 11 is 0. The van der Waals surface area contributed by atoms with E-state index in [4.69, 9.17) is 24.4 Å². The van der Waals surface area contributed by atoms with Crippen LogP contribution in [0.15, 0.2) is 152 Å². The summed E-state index contributed by atoms with van der Waals surface area (Å²) in [5.41, 5.74) is 9.65. The molecule has 0 saturated heterocycles. The van der Waals surface area contributed by atoms with Crippen molar-refractivity contribution in [3.05, 3.63) is 163 Å². The Balaban J connectivity index is 0.985. The molecule has 1 aromatic heterocycles. The molecule has 10 rings (SSSR count). The molecule has 0 fully saturated rings. The molecule has 8 aromatic rings. The molecule has 0 radical (unpaired) electrons.